The number of aromatic hydroxyl groups is 1. The zero-order valence-electron chi connectivity index (χ0n) is 9.61. The van der Waals surface area contributed by atoms with Crippen molar-refractivity contribution in [3.05, 3.63) is 23.3 Å². The van der Waals surface area contributed by atoms with Crippen LogP contribution in [0.15, 0.2) is 12.1 Å². The molecule has 1 rings (SSSR count). The number of hydrogen-bond donors (Lipinski definition) is 1. The summed E-state index contributed by atoms with van der Waals surface area (Å²) >= 11 is 0. The number of rotatable bonds is 3. The molecular weight excluding hydrogens is 267 g/mol. The van der Waals surface area contributed by atoms with Gasteiger partial charge >= 0.3 is 12.3 Å². The summed E-state index contributed by atoms with van der Waals surface area (Å²) in [5.74, 6) is -3.12. The summed E-state index contributed by atoms with van der Waals surface area (Å²) in [7, 11) is 0. The number of ether oxygens (including phenoxy) is 2. The van der Waals surface area contributed by atoms with Crippen molar-refractivity contribution in [3.63, 3.8) is 0 Å². The first-order chi connectivity index (χ1) is 8.78. The summed E-state index contributed by atoms with van der Waals surface area (Å²) < 4.78 is 44.4. The van der Waals surface area contributed by atoms with Crippen LogP contribution in [0, 0.1) is 11.3 Å². The normalized spacial score (nSPS) is 10.7. The van der Waals surface area contributed by atoms with Gasteiger partial charge in [0.2, 0.25) is 0 Å². The lowest BCUT2D eigenvalue weighted by molar-refractivity contribution is -0.275. The predicted octanol–water partition coefficient (Wildman–Crippen LogP) is 2.34. The molecule has 0 aromatic heterocycles. The molecule has 0 fully saturated rings. The van der Waals surface area contributed by atoms with Gasteiger partial charge in [-0.3, -0.25) is 0 Å². The van der Waals surface area contributed by atoms with Crippen LogP contribution in [0.5, 0.6) is 11.5 Å². The highest BCUT2D eigenvalue weighted by atomic mass is 19.4. The molecule has 0 aliphatic carbocycles. The van der Waals surface area contributed by atoms with E-state index in [1.54, 1.807) is 6.07 Å². The Kier molecular flexibility index (Phi) is 4.22. The number of alkyl halides is 3. The van der Waals surface area contributed by atoms with E-state index in [0.29, 0.717) is 6.07 Å². The minimum atomic E-state index is -5.06. The highest BCUT2D eigenvalue weighted by Gasteiger charge is 2.33. The van der Waals surface area contributed by atoms with Gasteiger partial charge in [-0.15, -0.1) is 13.2 Å². The highest BCUT2D eigenvalue weighted by Crippen LogP contribution is 2.35. The average molecular weight is 275 g/mol. The second kappa shape index (κ2) is 5.48. The van der Waals surface area contributed by atoms with Crippen LogP contribution in [-0.4, -0.2) is 24.0 Å². The molecular formula is C11H8F3NO4. The van der Waals surface area contributed by atoms with Crippen molar-refractivity contribution in [3.8, 4) is 17.6 Å². The fourth-order valence-corrected chi connectivity index (χ4v) is 1.24. The van der Waals surface area contributed by atoms with E-state index in [4.69, 9.17) is 5.26 Å². The number of hydrogen-bond acceptors (Lipinski definition) is 5. The molecule has 0 bridgehead atoms. The van der Waals surface area contributed by atoms with Crippen LogP contribution in [0.4, 0.5) is 13.2 Å². The number of esters is 1. The maximum absolute atomic E-state index is 12.1. The van der Waals surface area contributed by atoms with Gasteiger partial charge in [0.05, 0.1) is 18.2 Å². The number of nitrogens with zero attached hydrogens (tertiary/aromatic N) is 1. The maximum Gasteiger partial charge on any atom is 0.573 e. The Balaban J connectivity index is 3.29. The predicted molar refractivity (Wildman–Crippen MR) is 55.5 cm³/mol. The first-order valence-electron chi connectivity index (χ1n) is 4.98. The minimum absolute atomic E-state index is 0.0372. The molecule has 1 aromatic rings. The molecule has 19 heavy (non-hydrogen) atoms. The van der Waals surface area contributed by atoms with Crippen LogP contribution in [0.3, 0.4) is 0 Å². The monoisotopic (exact) mass is 275 g/mol. The van der Waals surface area contributed by atoms with Gasteiger partial charge in [0, 0.05) is 6.07 Å². The lowest BCUT2D eigenvalue weighted by atomic mass is 10.1. The van der Waals surface area contributed by atoms with Gasteiger partial charge in [0.15, 0.2) is 11.5 Å². The van der Waals surface area contributed by atoms with Crippen LogP contribution >= 0.6 is 0 Å². The zero-order valence-corrected chi connectivity index (χ0v) is 9.61. The smallest absolute Gasteiger partial charge is 0.504 e. The van der Waals surface area contributed by atoms with E-state index in [1.807, 2.05) is 0 Å². The molecule has 0 amide bonds. The second-order valence-electron chi connectivity index (χ2n) is 3.25. The fraction of sp³-hybridized carbons (Fsp3) is 0.273. The molecule has 0 heterocycles. The minimum Gasteiger partial charge on any atom is -0.504 e. The van der Waals surface area contributed by atoms with Crippen molar-refractivity contribution >= 4 is 5.97 Å². The van der Waals surface area contributed by atoms with E-state index in [0.717, 1.165) is 6.07 Å². The summed E-state index contributed by atoms with van der Waals surface area (Å²) in [6.07, 6.45) is -5.06. The van der Waals surface area contributed by atoms with E-state index >= 15 is 0 Å². The second-order valence-corrected chi connectivity index (χ2v) is 3.25. The molecule has 5 nitrogen and oxygen atoms in total. The van der Waals surface area contributed by atoms with Crippen LogP contribution in [0.1, 0.15) is 22.8 Å². The van der Waals surface area contributed by atoms with E-state index in [1.165, 1.54) is 6.92 Å². The molecule has 0 saturated heterocycles. The van der Waals surface area contributed by atoms with E-state index in [9.17, 15) is 23.1 Å². The van der Waals surface area contributed by atoms with Crippen LogP contribution in [0.25, 0.3) is 0 Å². The molecule has 0 saturated carbocycles. The number of carbonyl (C=O) groups is 1. The molecule has 0 aliphatic rings. The largest absolute Gasteiger partial charge is 0.573 e. The topological polar surface area (TPSA) is 79.6 Å². The number of halogens is 3. The van der Waals surface area contributed by atoms with Gasteiger partial charge in [-0.05, 0) is 13.0 Å². The Hall–Kier alpha value is -2.43. The van der Waals surface area contributed by atoms with Crippen molar-refractivity contribution in [2.45, 2.75) is 13.3 Å². The first kappa shape index (κ1) is 14.6. The van der Waals surface area contributed by atoms with Gasteiger partial charge in [0.1, 0.15) is 5.56 Å². The molecule has 0 spiro atoms. The number of phenols is 1. The summed E-state index contributed by atoms with van der Waals surface area (Å²) in [6.45, 7) is 1.45. The Labute approximate surface area is 105 Å². The standard InChI is InChI=1S/C11H8F3NO4/c1-2-18-10(17)7-3-6(5-15)4-8(9(7)16)19-11(12,13)14/h3-4,16H,2H2,1H3. The molecule has 102 valence electrons. The number of nitriles is 1. The fourth-order valence-electron chi connectivity index (χ4n) is 1.24. The van der Waals surface area contributed by atoms with Crippen molar-refractivity contribution in [1.29, 1.82) is 5.26 Å². The Morgan fingerprint density at radius 2 is 2.11 bits per heavy atom. The van der Waals surface area contributed by atoms with Crippen molar-refractivity contribution in [2.24, 2.45) is 0 Å². The number of benzene rings is 1. The van der Waals surface area contributed by atoms with Crippen molar-refractivity contribution in [2.75, 3.05) is 6.61 Å². The molecule has 0 radical (unpaired) electrons. The molecule has 0 aliphatic heterocycles. The van der Waals surface area contributed by atoms with E-state index < -0.39 is 29.4 Å². The van der Waals surface area contributed by atoms with Crippen LogP contribution in [-0.2, 0) is 4.74 Å². The third-order valence-electron chi connectivity index (χ3n) is 1.93. The Morgan fingerprint density at radius 3 is 2.58 bits per heavy atom. The van der Waals surface area contributed by atoms with Gasteiger partial charge in [0.25, 0.3) is 0 Å². The molecule has 8 heteroatoms. The van der Waals surface area contributed by atoms with Crippen molar-refractivity contribution in [1.82, 2.24) is 0 Å². The summed E-state index contributed by atoms with van der Waals surface area (Å²) in [5, 5.41) is 18.2. The average Bonchev–Trinajstić information content (AvgIpc) is 2.30. The third-order valence-corrected chi connectivity index (χ3v) is 1.93. The number of phenolic OH excluding ortho intramolecular Hbond substituents is 1. The first-order valence-corrected chi connectivity index (χ1v) is 4.98. The lowest BCUT2D eigenvalue weighted by Gasteiger charge is -2.12. The molecule has 1 aromatic carbocycles. The van der Waals surface area contributed by atoms with Gasteiger partial charge in [-0.2, -0.15) is 5.26 Å². The summed E-state index contributed by atoms with van der Waals surface area (Å²) in [5.41, 5.74) is -0.847. The summed E-state index contributed by atoms with van der Waals surface area (Å²) in [6, 6.07) is 3.14. The van der Waals surface area contributed by atoms with Gasteiger partial charge in [-0.25, -0.2) is 4.79 Å². The lowest BCUT2D eigenvalue weighted by Crippen LogP contribution is -2.18. The van der Waals surface area contributed by atoms with Gasteiger partial charge in [-0.1, -0.05) is 0 Å². The van der Waals surface area contributed by atoms with E-state index in [2.05, 4.69) is 9.47 Å². The van der Waals surface area contributed by atoms with Crippen molar-refractivity contribution < 1.29 is 32.5 Å². The number of carbonyl (C=O) groups excluding carboxylic acids is 1. The quantitative estimate of drug-likeness (QED) is 0.856. The SMILES string of the molecule is CCOC(=O)c1cc(C#N)cc(OC(F)(F)F)c1O. The molecule has 0 atom stereocenters. The Morgan fingerprint density at radius 1 is 1.47 bits per heavy atom. The van der Waals surface area contributed by atoms with Gasteiger partial charge < -0.3 is 14.6 Å². The summed E-state index contributed by atoms with van der Waals surface area (Å²) in [4.78, 5) is 11.4. The van der Waals surface area contributed by atoms with Crippen LogP contribution < -0.4 is 4.74 Å². The Bertz CT molecular complexity index is 534. The molecule has 1 N–H and O–H groups in total. The van der Waals surface area contributed by atoms with E-state index in [-0.39, 0.29) is 12.2 Å². The highest BCUT2D eigenvalue weighted by molar-refractivity contribution is 5.94. The zero-order chi connectivity index (χ0) is 14.6. The van der Waals surface area contributed by atoms with Crippen LogP contribution in [0.2, 0.25) is 0 Å². The third kappa shape index (κ3) is 3.77. The maximum atomic E-state index is 12.1. The molecule has 0 unspecified atom stereocenters.